The summed E-state index contributed by atoms with van der Waals surface area (Å²) in [6, 6.07) is 0.591. The Bertz CT molecular complexity index is 141. The van der Waals surface area contributed by atoms with Crippen LogP contribution in [0.15, 0.2) is 0 Å². The topological polar surface area (TPSA) is 21.3 Å². The van der Waals surface area contributed by atoms with Gasteiger partial charge in [-0.2, -0.15) is 0 Å². The van der Waals surface area contributed by atoms with Gasteiger partial charge in [-0.05, 0) is 31.7 Å². The van der Waals surface area contributed by atoms with E-state index in [0.717, 1.165) is 19.1 Å². The fraction of sp³-hybridized carbons (Fsp3) is 1.00. The average molecular weight is 213 g/mol. The second-order valence-electron chi connectivity index (χ2n) is 4.77. The lowest BCUT2D eigenvalue weighted by Crippen LogP contribution is -2.40. The molecule has 1 aliphatic carbocycles. The molecule has 0 spiro atoms. The maximum atomic E-state index is 5.33. The molecular formula is C13H27NO. The monoisotopic (exact) mass is 213 g/mol. The van der Waals surface area contributed by atoms with E-state index in [1.165, 1.54) is 44.9 Å². The Hall–Kier alpha value is -0.0800. The number of rotatable bonds is 6. The molecule has 1 saturated carbocycles. The molecule has 1 aliphatic rings. The van der Waals surface area contributed by atoms with Gasteiger partial charge in [0, 0.05) is 13.2 Å². The van der Waals surface area contributed by atoms with Gasteiger partial charge in [0.05, 0.1) is 6.61 Å². The largest absolute Gasteiger partial charge is 0.383 e. The summed E-state index contributed by atoms with van der Waals surface area (Å²) in [7, 11) is 1.82. The summed E-state index contributed by atoms with van der Waals surface area (Å²) in [4.78, 5) is 0. The molecule has 15 heavy (non-hydrogen) atoms. The Labute approximate surface area is 94.8 Å². The molecule has 1 fully saturated rings. The van der Waals surface area contributed by atoms with Gasteiger partial charge in [-0.25, -0.2) is 0 Å². The molecule has 0 radical (unpaired) electrons. The van der Waals surface area contributed by atoms with Crippen molar-refractivity contribution in [1.29, 1.82) is 0 Å². The summed E-state index contributed by atoms with van der Waals surface area (Å²) in [6.07, 6.45) is 9.70. The molecule has 90 valence electrons. The van der Waals surface area contributed by atoms with Crippen molar-refractivity contribution >= 4 is 0 Å². The van der Waals surface area contributed by atoms with Gasteiger partial charge < -0.3 is 10.1 Å². The number of hydrogen-bond donors (Lipinski definition) is 1. The lowest BCUT2D eigenvalue weighted by molar-refractivity contribution is 0.134. The summed E-state index contributed by atoms with van der Waals surface area (Å²) in [5, 5.41) is 3.64. The van der Waals surface area contributed by atoms with Crippen molar-refractivity contribution in [2.24, 2.45) is 5.92 Å². The summed E-state index contributed by atoms with van der Waals surface area (Å²) < 4.78 is 5.33. The van der Waals surface area contributed by atoms with Crippen LogP contribution in [0.5, 0.6) is 0 Å². The molecule has 1 N–H and O–H groups in total. The third-order valence-corrected chi connectivity index (χ3v) is 3.47. The van der Waals surface area contributed by atoms with Gasteiger partial charge >= 0.3 is 0 Å². The van der Waals surface area contributed by atoms with Crippen LogP contribution in [0.1, 0.15) is 51.9 Å². The van der Waals surface area contributed by atoms with E-state index in [1.807, 2.05) is 7.11 Å². The zero-order chi connectivity index (χ0) is 10.9. The second-order valence-corrected chi connectivity index (χ2v) is 4.77. The molecule has 0 amide bonds. The van der Waals surface area contributed by atoms with Crippen LogP contribution in [-0.4, -0.2) is 26.3 Å². The van der Waals surface area contributed by atoms with E-state index in [1.54, 1.807) is 0 Å². The fourth-order valence-electron chi connectivity index (χ4n) is 2.58. The Morgan fingerprint density at radius 2 is 1.87 bits per heavy atom. The van der Waals surface area contributed by atoms with E-state index >= 15 is 0 Å². The molecule has 2 nitrogen and oxygen atoms in total. The smallest absolute Gasteiger partial charge is 0.0618 e. The van der Waals surface area contributed by atoms with Gasteiger partial charge in [-0.1, -0.05) is 32.6 Å². The number of methoxy groups -OCH3 is 1. The first-order valence-corrected chi connectivity index (χ1v) is 6.60. The van der Waals surface area contributed by atoms with E-state index in [0.29, 0.717) is 6.04 Å². The van der Waals surface area contributed by atoms with Gasteiger partial charge in [-0.15, -0.1) is 0 Å². The molecule has 1 unspecified atom stereocenters. The Morgan fingerprint density at radius 3 is 2.40 bits per heavy atom. The maximum Gasteiger partial charge on any atom is 0.0618 e. The highest BCUT2D eigenvalue weighted by molar-refractivity contribution is 4.78. The predicted molar refractivity (Wildman–Crippen MR) is 65.1 cm³/mol. The highest BCUT2D eigenvalue weighted by atomic mass is 16.5. The highest BCUT2D eigenvalue weighted by Gasteiger charge is 2.21. The number of ether oxygens (including phenoxy) is 1. The van der Waals surface area contributed by atoms with E-state index in [-0.39, 0.29) is 0 Å². The van der Waals surface area contributed by atoms with Crippen molar-refractivity contribution in [2.45, 2.75) is 57.9 Å². The normalized spacial score (nSPS) is 21.2. The standard InChI is InChI=1S/C13H27NO/c1-3-10-14-13(11-15-2)12-8-6-4-5-7-9-12/h12-14H,3-11H2,1-2H3. The summed E-state index contributed by atoms with van der Waals surface area (Å²) in [5.74, 6) is 0.846. The molecule has 0 aromatic rings. The van der Waals surface area contributed by atoms with Crippen LogP contribution in [-0.2, 0) is 4.74 Å². The first kappa shape index (κ1) is 13.0. The SMILES string of the molecule is CCCNC(COC)C1CCCCCC1. The van der Waals surface area contributed by atoms with Crippen molar-refractivity contribution in [1.82, 2.24) is 5.32 Å². The van der Waals surface area contributed by atoms with Crippen LogP contribution in [0, 0.1) is 5.92 Å². The van der Waals surface area contributed by atoms with Gasteiger partial charge in [0.25, 0.3) is 0 Å². The van der Waals surface area contributed by atoms with Crippen LogP contribution in [0.25, 0.3) is 0 Å². The van der Waals surface area contributed by atoms with Crippen LogP contribution in [0.3, 0.4) is 0 Å². The maximum absolute atomic E-state index is 5.33. The van der Waals surface area contributed by atoms with Crippen molar-refractivity contribution in [3.63, 3.8) is 0 Å². The van der Waals surface area contributed by atoms with Crippen LogP contribution in [0.4, 0.5) is 0 Å². The second kappa shape index (κ2) is 8.12. The number of hydrogen-bond acceptors (Lipinski definition) is 2. The molecule has 1 rings (SSSR count). The van der Waals surface area contributed by atoms with Crippen molar-refractivity contribution in [3.05, 3.63) is 0 Å². The lowest BCUT2D eigenvalue weighted by Gasteiger charge is -2.26. The van der Waals surface area contributed by atoms with E-state index in [9.17, 15) is 0 Å². The molecule has 0 bridgehead atoms. The van der Waals surface area contributed by atoms with Crippen molar-refractivity contribution in [2.75, 3.05) is 20.3 Å². The molecule has 0 saturated heterocycles. The van der Waals surface area contributed by atoms with Gasteiger partial charge in [-0.3, -0.25) is 0 Å². The van der Waals surface area contributed by atoms with Crippen molar-refractivity contribution in [3.8, 4) is 0 Å². The van der Waals surface area contributed by atoms with Gasteiger partial charge in [0.15, 0.2) is 0 Å². The summed E-state index contributed by atoms with van der Waals surface area (Å²) in [6.45, 7) is 4.24. The first-order valence-electron chi connectivity index (χ1n) is 6.60. The molecular weight excluding hydrogens is 186 g/mol. The molecule has 0 aliphatic heterocycles. The molecule has 2 heteroatoms. The van der Waals surface area contributed by atoms with Crippen LogP contribution in [0.2, 0.25) is 0 Å². The Kier molecular flexibility index (Phi) is 7.03. The van der Waals surface area contributed by atoms with Crippen LogP contribution >= 0.6 is 0 Å². The number of nitrogens with one attached hydrogen (secondary N) is 1. The Morgan fingerprint density at radius 1 is 1.20 bits per heavy atom. The summed E-state index contributed by atoms with van der Waals surface area (Å²) in [5.41, 5.74) is 0. The molecule has 0 aromatic carbocycles. The fourth-order valence-corrected chi connectivity index (χ4v) is 2.58. The third-order valence-electron chi connectivity index (χ3n) is 3.47. The van der Waals surface area contributed by atoms with E-state index < -0.39 is 0 Å². The summed E-state index contributed by atoms with van der Waals surface area (Å²) >= 11 is 0. The Balaban J connectivity index is 2.36. The van der Waals surface area contributed by atoms with Gasteiger partial charge in [0.2, 0.25) is 0 Å². The zero-order valence-electron chi connectivity index (χ0n) is 10.4. The lowest BCUT2D eigenvalue weighted by atomic mass is 9.92. The minimum absolute atomic E-state index is 0.591. The molecule has 1 atom stereocenters. The predicted octanol–water partition coefficient (Wildman–Crippen LogP) is 2.97. The molecule has 0 heterocycles. The highest BCUT2D eigenvalue weighted by Crippen LogP contribution is 2.25. The first-order chi connectivity index (χ1) is 7.38. The van der Waals surface area contributed by atoms with E-state index in [4.69, 9.17) is 4.74 Å². The quantitative estimate of drug-likeness (QED) is 0.685. The van der Waals surface area contributed by atoms with E-state index in [2.05, 4.69) is 12.2 Å². The zero-order valence-corrected chi connectivity index (χ0v) is 10.4. The third kappa shape index (κ3) is 4.98. The van der Waals surface area contributed by atoms with Gasteiger partial charge in [0.1, 0.15) is 0 Å². The van der Waals surface area contributed by atoms with Crippen molar-refractivity contribution < 1.29 is 4.74 Å². The van der Waals surface area contributed by atoms with Crippen LogP contribution < -0.4 is 5.32 Å². The minimum Gasteiger partial charge on any atom is -0.383 e. The molecule has 0 aromatic heterocycles. The minimum atomic E-state index is 0.591. The average Bonchev–Trinajstić information content (AvgIpc) is 2.52.